The van der Waals surface area contributed by atoms with E-state index in [1.54, 1.807) is 6.92 Å². The summed E-state index contributed by atoms with van der Waals surface area (Å²) in [6, 6.07) is 6.42. The fraction of sp³-hybridized carbons (Fsp3) is 0.0625. The van der Waals surface area contributed by atoms with E-state index in [4.69, 9.17) is 4.42 Å². The van der Waals surface area contributed by atoms with Crippen LogP contribution in [-0.4, -0.2) is 5.78 Å². The first-order valence-corrected chi connectivity index (χ1v) is 6.16. The van der Waals surface area contributed by atoms with Crippen molar-refractivity contribution >= 4 is 16.8 Å². The highest BCUT2D eigenvalue weighted by atomic mass is 19.1. The van der Waals surface area contributed by atoms with Crippen LogP contribution in [0.2, 0.25) is 0 Å². The van der Waals surface area contributed by atoms with Crippen LogP contribution in [0.3, 0.4) is 0 Å². The number of fused-ring (bicyclic) bond motifs is 1. The molecule has 2 aromatic carbocycles. The van der Waals surface area contributed by atoms with Gasteiger partial charge in [-0.25, -0.2) is 13.2 Å². The van der Waals surface area contributed by atoms with E-state index in [2.05, 4.69) is 0 Å². The average molecular weight is 290 g/mol. The molecule has 0 spiro atoms. The van der Waals surface area contributed by atoms with Gasteiger partial charge in [0.2, 0.25) is 5.78 Å². The third-order valence-corrected chi connectivity index (χ3v) is 3.28. The van der Waals surface area contributed by atoms with Crippen molar-refractivity contribution < 1.29 is 22.4 Å². The van der Waals surface area contributed by atoms with E-state index in [-0.39, 0.29) is 5.76 Å². The molecule has 0 N–H and O–H groups in total. The van der Waals surface area contributed by atoms with Gasteiger partial charge in [-0.1, -0.05) is 0 Å². The summed E-state index contributed by atoms with van der Waals surface area (Å²) in [5.74, 6) is -2.93. The lowest BCUT2D eigenvalue weighted by molar-refractivity contribution is 0.101. The molecule has 106 valence electrons. The van der Waals surface area contributed by atoms with E-state index in [0.717, 1.165) is 18.2 Å². The lowest BCUT2D eigenvalue weighted by Gasteiger charge is -2.01. The summed E-state index contributed by atoms with van der Waals surface area (Å²) in [5, 5.41) is 0.426. The maximum absolute atomic E-state index is 13.7. The van der Waals surface area contributed by atoms with Gasteiger partial charge in [-0.15, -0.1) is 0 Å². The Morgan fingerprint density at radius 1 is 1.00 bits per heavy atom. The minimum atomic E-state index is -0.840. The molecule has 0 saturated carbocycles. The number of carbonyl (C=O) groups is 1. The summed E-state index contributed by atoms with van der Waals surface area (Å²) in [7, 11) is 0. The highest BCUT2D eigenvalue weighted by Crippen LogP contribution is 2.28. The molecule has 1 aromatic heterocycles. The van der Waals surface area contributed by atoms with Crippen LogP contribution in [0.15, 0.2) is 40.8 Å². The monoisotopic (exact) mass is 290 g/mol. The van der Waals surface area contributed by atoms with Crippen molar-refractivity contribution in [2.45, 2.75) is 6.92 Å². The Kier molecular flexibility index (Phi) is 3.05. The van der Waals surface area contributed by atoms with E-state index in [0.29, 0.717) is 16.5 Å². The van der Waals surface area contributed by atoms with Gasteiger partial charge >= 0.3 is 0 Å². The smallest absolute Gasteiger partial charge is 0.231 e. The molecular weight excluding hydrogens is 281 g/mol. The summed E-state index contributed by atoms with van der Waals surface area (Å²) in [6.07, 6.45) is 0. The molecule has 0 radical (unpaired) electrons. The quantitative estimate of drug-likeness (QED) is 0.655. The van der Waals surface area contributed by atoms with Crippen molar-refractivity contribution in [3.63, 3.8) is 0 Å². The average Bonchev–Trinajstić information content (AvgIpc) is 2.78. The van der Waals surface area contributed by atoms with Crippen molar-refractivity contribution in [3.8, 4) is 0 Å². The lowest BCUT2D eigenvalue weighted by Crippen LogP contribution is -2.05. The van der Waals surface area contributed by atoms with E-state index in [9.17, 15) is 18.0 Å². The Morgan fingerprint density at radius 2 is 1.67 bits per heavy atom. The standard InChI is InChI=1S/C16H9F3O2/c1-8-11-6-10(18)3-5-14(11)21-16(8)15(20)12-7-9(17)2-4-13(12)19/h2-7H,1H3. The summed E-state index contributed by atoms with van der Waals surface area (Å²) in [6.45, 7) is 1.57. The number of ketones is 1. The first kappa shape index (κ1) is 13.4. The van der Waals surface area contributed by atoms with Crippen LogP contribution in [-0.2, 0) is 0 Å². The van der Waals surface area contributed by atoms with E-state index in [1.165, 1.54) is 18.2 Å². The number of hydrogen-bond donors (Lipinski definition) is 0. The molecule has 0 fully saturated rings. The normalized spacial score (nSPS) is 11.0. The van der Waals surface area contributed by atoms with E-state index >= 15 is 0 Å². The van der Waals surface area contributed by atoms with Crippen molar-refractivity contribution in [1.29, 1.82) is 0 Å². The largest absolute Gasteiger partial charge is 0.452 e. The van der Waals surface area contributed by atoms with Crippen LogP contribution in [0.5, 0.6) is 0 Å². The van der Waals surface area contributed by atoms with Crippen LogP contribution >= 0.6 is 0 Å². The molecular formula is C16H9F3O2. The number of carbonyl (C=O) groups excluding carboxylic acids is 1. The molecule has 0 atom stereocenters. The zero-order valence-corrected chi connectivity index (χ0v) is 10.9. The Balaban J connectivity index is 2.18. The molecule has 3 aromatic rings. The summed E-state index contributed by atoms with van der Waals surface area (Å²) < 4.78 is 45.4. The second kappa shape index (κ2) is 4.77. The Labute approximate surface area is 117 Å². The van der Waals surface area contributed by atoms with Gasteiger partial charge in [0.15, 0.2) is 5.76 Å². The first-order valence-electron chi connectivity index (χ1n) is 6.16. The second-order valence-electron chi connectivity index (χ2n) is 4.65. The van der Waals surface area contributed by atoms with E-state index in [1.807, 2.05) is 0 Å². The van der Waals surface area contributed by atoms with Crippen LogP contribution in [0.1, 0.15) is 21.7 Å². The number of halogens is 3. The summed E-state index contributed by atoms with van der Waals surface area (Å²) >= 11 is 0. The molecule has 0 aliphatic carbocycles. The van der Waals surface area contributed by atoms with E-state index < -0.39 is 28.8 Å². The van der Waals surface area contributed by atoms with Gasteiger partial charge in [-0.2, -0.15) is 0 Å². The topological polar surface area (TPSA) is 30.2 Å². The minimum absolute atomic E-state index is 0.125. The van der Waals surface area contributed by atoms with Crippen molar-refractivity contribution in [2.24, 2.45) is 0 Å². The van der Waals surface area contributed by atoms with Gasteiger partial charge < -0.3 is 4.42 Å². The summed E-state index contributed by atoms with van der Waals surface area (Å²) in [4.78, 5) is 12.3. The van der Waals surface area contributed by atoms with Crippen molar-refractivity contribution in [2.75, 3.05) is 0 Å². The number of hydrogen-bond acceptors (Lipinski definition) is 2. The SMILES string of the molecule is Cc1c(C(=O)c2cc(F)ccc2F)oc2ccc(F)cc12. The predicted octanol–water partition coefficient (Wildman–Crippen LogP) is 4.39. The number of aryl methyl sites for hydroxylation is 1. The minimum Gasteiger partial charge on any atom is -0.452 e. The number of furan rings is 1. The van der Waals surface area contributed by atoms with Gasteiger partial charge in [0, 0.05) is 10.9 Å². The number of rotatable bonds is 2. The molecule has 1 heterocycles. The third kappa shape index (κ3) is 2.20. The molecule has 0 amide bonds. The van der Waals surface area contributed by atoms with Crippen LogP contribution in [0.25, 0.3) is 11.0 Å². The zero-order valence-electron chi connectivity index (χ0n) is 10.9. The van der Waals surface area contributed by atoms with Crippen LogP contribution in [0, 0.1) is 24.4 Å². The van der Waals surface area contributed by atoms with Crippen molar-refractivity contribution in [1.82, 2.24) is 0 Å². The van der Waals surface area contributed by atoms with Crippen LogP contribution < -0.4 is 0 Å². The van der Waals surface area contributed by atoms with Gasteiger partial charge in [0.25, 0.3) is 0 Å². The fourth-order valence-corrected chi connectivity index (χ4v) is 2.20. The maximum atomic E-state index is 13.7. The molecule has 0 aliphatic heterocycles. The highest BCUT2D eigenvalue weighted by Gasteiger charge is 2.22. The van der Waals surface area contributed by atoms with Gasteiger partial charge in [-0.05, 0) is 43.3 Å². The predicted molar refractivity (Wildman–Crippen MR) is 70.7 cm³/mol. The Hall–Kier alpha value is -2.56. The maximum Gasteiger partial charge on any atom is 0.231 e. The first-order chi connectivity index (χ1) is 9.97. The zero-order chi connectivity index (χ0) is 15.1. The van der Waals surface area contributed by atoms with Crippen LogP contribution in [0.4, 0.5) is 13.2 Å². The molecule has 3 rings (SSSR count). The lowest BCUT2D eigenvalue weighted by atomic mass is 10.0. The second-order valence-corrected chi connectivity index (χ2v) is 4.65. The number of benzene rings is 2. The Morgan fingerprint density at radius 3 is 2.43 bits per heavy atom. The van der Waals surface area contributed by atoms with Gasteiger partial charge in [0.1, 0.15) is 23.0 Å². The summed E-state index contributed by atoms with van der Waals surface area (Å²) in [5.41, 5.74) is 0.282. The Bertz CT molecular complexity index is 865. The third-order valence-electron chi connectivity index (χ3n) is 3.28. The van der Waals surface area contributed by atoms with Gasteiger partial charge in [0.05, 0.1) is 5.56 Å². The molecule has 0 unspecified atom stereocenters. The molecule has 0 bridgehead atoms. The molecule has 5 heteroatoms. The molecule has 0 saturated heterocycles. The molecule has 0 aliphatic rings. The molecule has 2 nitrogen and oxygen atoms in total. The van der Waals surface area contributed by atoms with Crippen molar-refractivity contribution in [3.05, 3.63) is 70.7 Å². The van der Waals surface area contributed by atoms with Gasteiger partial charge in [-0.3, -0.25) is 4.79 Å². The molecule has 21 heavy (non-hydrogen) atoms. The highest BCUT2D eigenvalue weighted by molar-refractivity contribution is 6.10. The fourth-order valence-electron chi connectivity index (χ4n) is 2.20.